The van der Waals surface area contributed by atoms with Crippen LogP contribution in [0.25, 0.3) is 0 Å². The van der Waals surface area contributed by atoms with Crippen molar-refractivity contribution in [1.29, 1.82) is 0 Å². The first-order valence-electron chi connectivity index (χ1n) is 6.91. The standard InChI is InChI=1S/C14H17ClN4OS/c1-8(16)12(9-3-2-4-10(15)7-9)21-14-18-17-13(20)19(14)11-5-6-11/h2-4,7-8,11-12H,5-6,16H2,1H3,(H,17,20). The van der Waals surface area contributed by atoms with Crippen molar-refractivity contribution in [2.75, 3.05) is 0 Å². The van der Waals surface area contributed by atoms with Crippen molar-refractivity contribution in [2.24, 2.45) is 5.73 Å². The second-order valence-electron chi connectivity index (χ2n) is 5.37. The molecule has 112 valence electrons. The fraction of sp³-hybridized carbons (Fsp3) is 0.429. The molecule has 1 aliphatic rings. The molecule has 0 bridgehead atoms. The second kappa shape index (κ2) is 5.87. The van der Waals surface area contributed by atoms with Gasteiger partial charge in [0.25, 0.3) is 0 Å². The monoisotopic (exact) mass is 324 g/mol. The number of rotatable bonds is 5. The Hall–Kier alpha value is -1.24. The molecule has 1 aromatic heterocycles. The van der Waals surface area contributed by atoms with Gasteiger partial charge in [0.1, 0.15) is 0 Å². The summed E-state index contributed by atoms with van der Waals surface area (Å²) in [5.74, 6) is 0. The molecule has 21 heavy (non-hydrogen) atoms. The van der Waals surface area contributed by atoms with Crippen LogP contribution in [0.5, 0.6) is 0 Å². The summed E-state index contributed by atoms with van der Waals surface area (Å²) in [5, 5.41) is 8.06. The molecule has 0 spiro atoms. The normalized spacial score (nSPS) is 17.7. The first-order chi connectivity index (χ1) is 10.1. The van der Waals surface area contributed by atoms with Gasteiger partial charge in [-0.25, -0.2) is 9.89 Å². The van der Waals surface area contributed by atoms with Crippen LogP contribution in [0.1, 0.15) is 36.6 Å². The first kappa shape index (κ1) is 14.7. The van der Waals surface area contributed by atoms with E-state index in [0.29, 0.717) is 10.2 Å². The smallest absolute Gasteiger partial charge is 0.327 e. The summed E-state index contributed by atoms with van der Waals surface area (Å²) in [6, 6.07) is 7.85. The zero-order valence-corrected chi connectivity index (χ0v) is 13.2. The number of nitrogens with two attached hydrogens (primary N) is 1. The fourth-order valence-corrected chi connectivity index (χ4v) is 3.67. The Kier molecular flexibility index (Phi) is 4.10. The Balaban J connectivity index is 1.91. The van der Waals surface area contributed by atoms with Crippen LogP contribution in [0.2, 0.25) is 5.02 Å². The van der Waals surface area contributed by atoms with Gasteiger partial charge in [-0.05, 0) is 37.5 Å². The molecule has 0 radical (unpaired) electrons. The van der Waals surface area contributed by atoms with Crippen LogP contribution < -0.4 is 11.4 Å². The van der Waals surface area contributed by atoms with E-state index in [1.807, 2.05) is 31.2 Å². The number of aromatic amines is 1. The van der Waals surface area contributed by atoms with Gasteiger partial charge in [-0.1, -0.05) is 35.5 Å². The van der Waals surface area contributed by atoms with Crippen LogP contribution in [0, 0.1) is 0 Å². The molecular weight excluding hydrogens is 308 g/mol. The van der Waals surface area contributed by atoms with E-state index in [2.05, 4.69) is 10.2 Å². The molecule has 3 N–H and O–H groups in total. The zero-order chi connectivity index (χ0) is 15.0. The molecule has 0 saturated heterocycles. The molecule has 3 rings (SSSR count). The summed E-state index contributed by atoms with van der Waals surface area (Å²) in [6.45, 7) is 1.95. The number of nitrogens with one attached hydrogen (secondary N) is 1. The maximum atomic E-state index is 11.8. The first-order valence-corrected chi connectivity index (χ1v) is 8.16. The number of H-pyrrole nitrogens is 1. The number of thioether (sulfide) groups is 1. The summed E-state index contributed by atoms with van der Waals surface area (Å²) in [7, 11) is 0. The van der Waals surface area contributed by atoms with Crippen molar-refractivity contribution in [3.63, 3.8) is 0 Å². The SMILES string of the molecule is CC(N)C(Sc1n[nH]c(=O)n1C1CC1)c1cccc(Cl)c1. The number of aromatic nitrogens is 3. The Morgan fingerprint density at radius 3 is 2.90 bits per heavy atom. The van der Waals surface area contributed by atoms with Crippen molar-refractivity contribution >= 4 is 23.4 Å². The van der Waals surface area contributed by atoms with Crippen molar-refractivity contribution in [3.8, 4) is 0 Å². The predicted octanol–water partition coefficient (Wildman–Crippen LogP) is 2.74. The van der Waals surface area contributed by atoms with Gasteiger partial charge >= 0.3 is 5.69 Å². The third-order valence-corrected chi connectivity index (χ3v) is 5.16. The largest absolute Gasteiger partial charge is 0.344 e. The Labute approximate surface area is 131 Å². The number of hydrogen-bond donors (Lipinski definition) is 2. The van der Waals surface area contributed by atoms with E-state index in [-0.39, 0.29) is 23.0 Å². The van der Waals surface area contributed by atoms with Crippen molar-refractivity contribution in [1.82, 2.24) is 14.8 Å². The number of nitrogens with zero attached hydrogens (tertiary/aromatic N) is 2. The molecule has 1 saturated carbocycles. The molecule has 2 unspecified atom stereocenters. The van der Waals surface area contributed by atoms with Crippen LogP contribution in [-0.4, -0.2) is 20.8 Å². The van der Waals surface area contributed by atoms with Gasteiger partial charge in [0, 0.05) is 17.1 Å². The van der Waals surface area contributed by atoms with E-state index in [9.17, 15) is 4.79 Å². The Morgan fingerprint density at radius 1 is 1.52 bits per heavy atom. The minimum Gasteiger partial charge on any atom is -0.327 e. The maximum Gasteiger partial charge on any atom is 0.344 e. The third-order valence-electron chi connectivity index (χ3n) is 3.47. The van der Waals surface area contributed by atoms with Crippen molar-refractivity contribution in [3.05, 3.63) is 45.3 Å². The summed E-state index contributed by atoms with van der Waals surface area (Å²) in [4.78, 5) is 11.8. The van der Waals surface area contributed by atoms with Crippen LogP contribution in [0.4, 0.5) is 0 Å². The van der Waals surface area contributed by atoms with Gasteiger partial charge in [0.15, 0.2) is 5.16 Å². The Morgan fingerprint density at radius 2 is 2.29 bits per heavy atom. The van der Waals surface area contributed by atoms with Gasteiger partial charge in [-0.2, -0.15) is 0 Å². The van der Waals surface area contributed by atoms with Crippen LogP contribution >= 0.6 is 23.4 Å². The predicted molar refractivity (Wildman–Crippen MR) is 84.8 cm³/mol. The van der Waals surface area contributed by atoms with Crippen molar-refractivity contribution in [2.45, 2.75) is 42.3 Å². The summed E-state index contributed by atoms with van der Waals surface area (Å²) >= 11 is 7.58. The highest BCUT2D eigenvalue weighted by molar-refractivity contribution is 7.99. The number of hydrogen-bond acceptors (Lipinski definition) is 4. The molecule has 0 aliphatic heterocycles. The lowest BCUT2D eigenvalue weighted by Gasteiger charge is -2.20. The topological polar surface area (TPSA) is 76.7 Å². The van der Waals surface area contributed by atoms with Gasteiger partial charge < -0.3 is 5.73 Å². The molecule has 1 heterocycles. The second-order valence-corrected chi connectivity index (χ2v) is 6.91. The highest BCUT2D eigenvalue weighted by atomic mass is 35.5. The molecule has 7 heteroatoms. The molecule has 2 atom stereocenters. The van der Waals surface area contributed by atoms with Crippen molar-refractivity contribution < 1.29 is 0 Å². The quantitative estimate of drug-likeness (QED) is 0.829. The number of halogens is 1. The van der Waals surface area contributed by atoms with E-state index in [1.165, 1.54) is 11.8 Å². The zero-order valence-electron chi connectivity index (χ0n) is 11.6. The minimum absolute atomic E-state index is 0.00333. The molecule has 1 aromatic carbocycles. The Bertz CT molecular complexity index is 692. The van der Waals surface area contributed by atoms with Crippen LogP contribution in [-0.2, 0) is 0 Å². The minimum atomic E-state index is -0.144. The molecular formula is C14H17ClN4OS. The van der Waals surface area contributed by atoms with E-state index in [0.717, 1.165) is 18.4 Å². The lowest BCUT2D eigenvalue weighted by molar-refractivity contribution is 0.636. The molecule has 5 nitrogen and oxygen atoms in total. The van der Waals surface area contributed by atoms with E-state index in [1.54, 1.807) is 4.57 Å². The lowest BCUT2D eigenvalue weighted by atomic mass is 10.1. The maximum absolute atomic E-state index is 11.8. The molecule has 1 aliphatic carbocycles. The van der Waals surface area contributed by atoms with E-state index < -0.39 is 0 Å². The number of benzene rings is 1. The fourth-order valence-electron chi connectivity index (χ4n) is 2.30. The van der Waals surface area contributed by atoms with Gasteiger partial charge in [0.2, 0.25) is 0 Å². The molecule has 1 fully saturated rings. The summed E-state index contributed by atoms with van der Waals surface area (Å²) in [6.07, 6.45) is 2.07. The third kappa shape index (κ3) is 3.17. The van der Waals surface area contributed by atoms with Gasteiger partial charge in [-0.3, -0.25) is 4.57 Å². The summed E-state index contributed by atoms with van der Waals surface area (Å²) in [5.41, 5.74) is 7.02. The van der Waals surface area contributed by atoms with Crippen LogP contribution in [0.3, 0.4) is 0 Å². The lowest BCUT2D eigenvalue weighted by Crippen LogP contribution is -2.23. The van der Waals surface area contributed by atoms with Gasteiger partial charge in [0.05, 0.1) is 5.25 Å². The highest BCUT2D eigenvalue weighted by Crippen LogP contribution is 2.41. The van der Waals surface area contributed by atoms with Gasteiger partial charge in [-0.15, -0.1) is 5.10 Å². The van der Waals surface area contributed by atoms with E-state index >= 15 is 0 Å². The van der Waals surface area contributed by atoms with E-state index in [4.69, 9.17) is 17.3 Å². The van der Waals surface area contributed by atoms with Crippen LogP contribution in [0.15, 0.2) is 34.2 Å². The molecule has 2 aromatic rings. The summed E-state index contributed by atoms with van der Waals surface area (Å²) < 4.78 is 1.74. The molecule has 0 amide bonds. The average molecular weight is 325 g/mol. The average Bonchev–Trinajstić information content (AvgIpc) is 3.20. The highest BCUT2D eigenvalue weighted by Gasteiger charge is 2.30.